The molecular weight excluding hydrogens is 418 g/mol. The molecule has 0 atom stereocenters. The predicted octanol–water partition coefficient (Wildman–Crippen LogP) is 3.50. The lowest BCUT2D eigenvalue weighted by atomic mass is 9.74. The van der Waals surface area contributed by atoms with Crippen molar-refractivity contribution in [1.82, 2.24) is 29.3 Å². The molecule has 0 aliphatic heterocycles. The van der Waals surface area contributed by atoms with Crippen LogP contribution >= 0.6 is 0 Å². The zero-order valence-corrected chi connectivity index (χ0v) is 20.1. The molecule has 1 saturated carbocycles. The number of pyridine rings is 1. The summed E-state index contributed by atoms with van der Waals surface area (Å²) >= 11 is 0. The first-order chi connectivity index (χ1) is 15.8. The van der Waals surface area contributed by atoms with E-state index in [-0.39, 0.29) is 11.4 Å². The van der Waals surface area contributed by atoms with E-state index in [2.05, 4.69) is 31.7 Å². The van der Waals surface area contributed by atoms with Crippen LogP contribution in [0.5, 0.6) is 5.88 Å². The lowest BCUT2D eigenvalue weighted by Crippen LogP contribution is -2.42. The summed E-state index contributed by atoms with van der Waals surface area (Å²) in [5.41, 5.74) is 2.16. The highest BCUT2D eigenvalue weighted by Gasteiger charge is 2.41. The Morgan fingerprint density at radius 2 is 1.97 bits per heavy atom. The maximum atomic E-state index is 13.0. The number of fused-ring (bicyclic) bond motifs is 1. The number of ether oxygens (including phenoxy) is 1. The molecule has 176 valence electrons. The number of nitrogens with one attached hydrogen (secondary N) is 1. The van der Waals surface area contributed by atoms with E-state index in [1.54, 1.807) is 31.4 Å². The largest absolute Gasteiger partial charge is 0.476 e. The van der Waals surface area contributed by atoms with E-state index in [1.165, 1.54) is 0 Å². The van der Waals surface area contributed by atoms with Crippen LogP contribution in [-0.4, -0.2) is 76.6 Å². The van der Waals surface area contributed by atoms with E-state index in [9.17, 15) is 4.79 Å². The predicted molar refractivity (Wildman–Crippen MR) is 129 cm³/mol. The monoisotopic (exact) mass is 451 g/mol. The van der Waals surface area contributed by atoms with Gasteiger partial charge >= 0.3 is 0 Å². The number of nitrogens with zero attached hydrogens (tertiary/aromatic N) is 6. The average Bonchev–Trinajstić information content (AvgIpc) is 3.13. The number of likely N-dealkylation sites (N-methyl/N-ethyl adjacent to an activating group) is 1. The van der Waals surface area contributed by atoms with Gasteiger partial charge in [-0.1, -0.05) is 6.92 Å². The van der Waals surface area contributed by atoms with Crippen LogP contribution in [0.1, 0.15) is 43.1 Å². The second-order valence-electron chi connectivity index (χ2n) is 9.13. The van der Waals surface area contributed by atoms with Crippen molar-refractivity contribution in [3.8, 4) is 5.88 Å². The molecule has 1 amide bonds. The van der Waals surface area contributed by atoms with Gasteiger partial charge < -0.3 is 24.4 Å². The molecule has 9 heteroatoms. The zero-order chi connectivity index (χ0) is 23.6. The molecule has 1 aliphatic rings. The normalized spacial score (nSPS) is 14.8. The summed E-state index contributed by atoms with van der Waals surface area (Å²) in [5.74, 6) is 1.03. The Bertz CT molecular complexity index is 1110. The van der Waals surface area contributed by atoms with Crippen molar-refractivity contribution >= 4 is 28.6 Å². The van der Waals surface area contributed by atoms with Crippen molar-refractivity contribution in [2.24, 2.45) is 0 Å². The summed E-state index contributed by atoms with van der Waals surface area (Å²) < 4.78 is 7.81. The number of rotatable bonds is 9. The van der Waals surface area contributed by atoms with E-state index in [4.69, 9.17) is 9.72 Å². The van der Waals surface area contributed by atoms with Gasteiger partial charge in [0, 0.05) is 43.8 Å². The Hall–Kier alpha value is -3.20. The standard InChI is InChI=1S/C24H33N7O2/c1-6-24(10-7-11-24)31-19(22(32)30(4)5)14-17-15-26-23(28-21(17)31)27-18-8-9-20(25-16-18)33-13-12-29(2)3/h8-9,14-16H,6-7,10-13H2,1-5H3,(H,26,27,28). The van der Waals surface area contributed by atoms with Crippen LogP contribution in [0.15, 0.2) is 30.6 Å². The van der Waals surface area contributed by atoms with Crippen molar-refractivity contribution in [2.45, 2.75) is 38.1 Å². The van der Waals surface area contributed by atoms with Gasteiger partial charge in [-0.2, -0.15) is 4.98 Å². The summed E-state index contributed by atoms with van der Waals surface area (Å²) in [6.45, 7) is 3.59. The van der Waals surface area contributed by atoms with Crippen molar-refractivity contribution in [3.05, 3.63) is 36.3 Å². The first kappa shape index (κ1) is 23.0. The number of carbonyl (C=O) groups excluding carboxylic acids is 1. The first-order valence-corrected chi connectivity index (χ1v) is 11.4. The van der Waals surface area contributed by atoms with Crippen molar-refractivity contribution < 1.29 is 9.53 Å². The molecule has 0 spiro atoms. The van der Waals surface area contributed by atoms with Gasteiger partial charge in [0.2, 0.25) is 11.8 Å². The highest BCUT2D eigenvalue weighted by molar-refractivity contribution is 5.98. The number of aromatic nitrogens is 4. The topological polar surface area (TPSA) is 88.4 Å². The maximum absolute atomic E-state index is 13.0. The Morgan fingerprint density at radius 1 is 1.18 bits per heavy atom. The number of hydrogen-bond acceptors (Lipinski definition) is 7. The minimum Gasteiger partial charge on any atom is -0.476 e. The molecule has 9 nitrogen and oxygen atoms in total. The summed E-state index contributed by atoms with van der Waals surface area (Å²) in [6.07, 6.45) is 7.70. The molecule has 4 rings (SSSR count). The highest BCUT2D eigenvalue weighted by atomic mass is 16.5. The Morgan fingerprint density at radius 3 is 2.55 bits per heavy atom. The molecule has 3 aromatic rings. The highest BCUT2D eigenvalue weighted by Crippen LogP contribution is 2.45. The van der Waals surface area contributed by atoms with Crippen LogP contribution in [-0.2, 0) is 5.54 Å². The molecule has 1 aliphatic carbocycles. The van der Waals surface area contributed by atoms with Crippen LogP contribution in [0.2, 0.25) is 0 Å². The van der Waals surface area contributed by atoms with Gasteiger partial charge in [0.15, 0.2) is 0 Å². The van der Waals surface area contributed by atoms with Crippen LogP contribution in [0, 0.1) is 0 Å². The summed E-state index contributed by atoms with van der Waals surface area (Å²) in [4.78, 5) is 30.3. The average molecular weight is 452 g/mol. The lowest BCUT2D eigenvalue weighted by molar-refractivity contribution is 0.0780. The maximum Gasteiger partial charge on any atom is 0.270 e. The molecular formula is C24H33N7O2. The second-order valence-corrected chi connectivity index (χ2v) is 9.13. The van der Waals surface area contributed by atoms with Crippen LogP contribution < -0.4 is 10.1 Å². The smallest absolute Gasteiger partial charge is 0.270 e. The number of carbonyl (C=O) groups is 1. The molecule has 0 radical (unpaired) electrons. The number of hydrogen-bond donors (Lipinski definition) is 1. The van der Waals surface area contributed by atoms with E-state index >= 15 is 0 Å². The number of anilines is 2. The Labute approximate surface area is 194 Å². The van der Waals surface area contributed by atoms with Gasteiger partial charge in [-0.15, -0.1) is 0 Å². The molecule has 1 fully saturated rings. The van der Waals surface area contributed by atoms with Crippen molar-refractivity contribution in [2.75, 3.05) is 46.7 Å². The minimum absolute atomic E-state index is 0.0173. The third-order valence-electron chi connectivity index (χ3n) is 6.36. The molecule has 0 unspecified atom stereocenters. The van der Waals surface area contributed by atoms with Crippen LogP contribution in [0.4, 0.5) is 11.6 Å². The molecule has 3 aromatic heterocycles. The molecule has 33 heavy (non-hydrogen) atoms. The fraction of sp³-hybridized carbons (Fsp3) is 0.500. The summed E-state index contributed by atoms with van der Waals surface area (Å²) in [7, 11) is 7.57. The van der Waals surface area contributed by atoms with Crippen molar-refractivity contribution in [3.63, 3.8) is 0 Å². The van der Waals surface area contributed by atoms with E-state index in [1.807, 2.05) is 32.3 Å². The molecule has 0 bridgehead atoms. The molecule has 3 heterocycles. The van der Waals surface area contributed by atoms with E-state index in [0.717, 1.165) is 48.9 Å². The lowest BCUT2D eigenvalue weighted by Gasteiger charge is -2.44. The second kappa shape index (κ2) is 9.35. The zero-order valence-electron chi connectivity index (χ0n) is 20.1. The summed E-state index contributed by atoms with van der Waals surface area (Å²) in [6, 6.07) is 5.64. The minimum atomic E-state index is -0.0680. The van der Waals surface area contributed by atoms with Crippen LogP contribution in [0.3, 0.4) is 0 Å². The van der Waals surface area contributed by atoms with E-state index in [0.29, 0.717) is 24.1 Å². The van der Waals surface area contributed by atoms with Gasteiger partial charge in [-0.3, -0.25) is 4.79 Å². The van der Waals surface area contributed by atoms with Gasteiger partial charge in [0.05, 0.1) is 11.9 Å². The van der Waals surface area contributed by atoms with Gasteiger partial charge in [0.1, 0.15) is 17.9 Å². The third kappa shape index (κ3) is 4.64. The Balaban J connectivity index is 1.62. The molecule has 0 aromatic carbocycles. The quantitative estimate of drug-likeness (QED) is 0.533. The van der Waals surface area contributed by atoms with Gasteiger partial charge in [0.25, 0.3) is 5.91 Å². The SMILES string of the molecule is CCC1(n2c(C(=O)N(C)C)cc3cnc(Nc4ccc(OCCN(C)C)nc4)nc32)CCC1. The first-order valence-electron chi connectivity index (χ1n) is 11.4. The summed E-state index contributed by atoms with van der Waals surface area (Å²) in [5, 5.41) is 4.10. The van der Waals surface area contributed by atoms with Gasteiger partial charge in [-0.25, -0.2) is 9.97 Å². The Kier molecular flexibility index (Phi) is 6.51. The molecule has 0 saturated heterocycles. The van der Waals surface area contributed by atoms with Crippen LogP contribution in [0.25, 0.3) is 11.0 Å². The van der Waals surface area contributed by atoms with Gasteiger partial charge in [-0.05, 0) is 51.9 Å². The number of amides is 1. The molecule has 1 N–H and O–H groups in total. The van der Waals surface area contributed by atoms with E-state index < -0.39 is 0 Å². The fourth-order valence-corrected chi connectivity index (χ4v) is 4.24. The van der Waals surface area contributed by atoms with Crippen molar-refractivity contribution in [1.29, 1.82) is 0 Å². The fourth-order valence-electron chi connectivity index (χ4n) is 4.24. The third-order valence-corrected chi connectivity index (χ3v) is 6.36.